The summed E-state index contributed by atoms with van der Waals surface area (Å²) in [7, 11) is 1.75. The van der Waals surface area contributed by atoms with Gasteiger partial charge in [0.25, 0.3) is 0 Å². The minimum absolute atomic E-state index is 0.340. The van der Waals surface area contributed by atoms with Gasteiger partial charge in [-0.3, -0.25) is 4.68 Å². The molecule has 0 bridgehead atoms. The van der Waals surface area contributed by atoms with Crippen LogP contribution < -0.4 is 0 Å². The van der Waals surface area contributed by atoms with E-state index in [2.05, 4.69) is 5.10 Å². The Bertz CT molecular complexity index is 1330. The molecule has 4 rings (SSSR count). The molecule has 0 aliphatic heterocycles. The Kier molecular flexibility index (Phi) is 4.25. The van der Waals surface area contributed by atoms with Crippen LogP contribution in [-0.2, 0) is 23.1 Å². The first-order valence-electron chi connectivity index (χ1n) is 8.62. The Hall–Kier alpha value is -2.85. The Morgan fingerprint density at radius 2 is 1.72 bits per heavy atom. The van der Waals surface area contributed by atoms with Crippen molar-refractivity contribution in [2.45, 2.75) is 11.1 Å². The second-order valence-corrected chi connectivity index (χ2v) is 9.19. The standard InChI is InChI=1S/C19H18F3N5OS/c1-25(2)29(23,28)14-8-9-16-15(10-14)18-17(11-26(3)24-18)27(16)13-6-4-12(5-7-13)19(20,21)22/h4-11,23H,1-3H3. The highest BCUT2D eigenvalue weighted by Gasteiger charge is 2.30. The lowest BCUT2D eigenvalue weighted by atomic mass is 10.2. The Labute approximate surface area is 165 Å². The molecule has 2 aromatic carbocycles. The van der Waals surface area contributed by atoms with Crippen molar-refractivity contribution in [3.05, 3.63) is 54.2 Å². The van der Waals surface area contributed by atoms with Crippen LogP contribution in [0.15, 0.2) is 53.6 Å². The molecule has 1 N–H and O–H groups in total. The first kappa shape index (κ1) is 19.5. The second-order valence-electron chi connectivity index (χ2n) is 6.93. The SMILES string of the molecule is CN(C)S(=N)(=O)c1ccc2c(c1)c1nn(C)cc1n2-c1ccc(C(F)(F)F)cc1. The van der Waals surface area contributed by atoms with Crippen LogP contribution >= 0.6 is 0 Å². The zero-order valence-electron chi connectivity index (χ0n) is 15.9. The zero-order chi connectivity index (χ0) is 21.1. The van der Waals surface area contributed by atoms with E-state index < -0.39 is 21.7 Å². The second kappa shape index (κ2) is 6.33. The fraction of sp³-hybridized carbons (Fsp3) is 0.211. The molecule has 2 aromatic heterocycles. The lowest BCUT2D eigenvalue weighted by molar-refractivity contribution is -0.137. The summed E-state index contributed by atoms with van der Waals surface area (Å²) in [6, 6.07) is 9.91. The van der Waals surface area contributed by atoms with Gasteiger partial charge in [-0.1, -0.05) is 0 Å². The molecule has 1 atom stereocenters. The van der Waals surface area contributed by atoms with Gasteiger partial charge in [0.05, 0.1) is 21.5 Å². The van der Waals surface area contributed by atoms with Crippen LogP contribution in [0.5, 0.6) is 0 Å². The maximum absolute atomic E-state index is 12.9. The summed E-state index contributed by atoms with van der Waals surface area (Å²) in [6.45, 7) is 0. The third kappa shape index (κ3) is 3.08. The normalized spacial score (nSPS) is 14.7. The van der Waals surface area contributed by atoms with Gasteiger partial charge in [-0.05, 0) is 42.5 Å². The number of aromatic nitrogens is 3. The molecule has 10 heteroatoms. The molecule has 0 spiro atoms. The molecule has 0 saturated carbocycles. The molecule has 4 aromatic rings. The van der Waals surface area contributed by atoms with Crippen molar-refractivity contribution in [1.29, 1.82) is 4.78 Å². The smallest absolute Gasteiger partial charge is 0.306 e. The molecule has 152 valence electrons. The minimum Gasteiger partial charge on any atom is -0.306 e. The van der Waals surface area contributed by atoms with Gasteiger partial charge >= 0.3 is 6.18 Å². The topological polar surface area (TPSA) is 66.9 Å². The number of rotatable bonds is 3. The van der Waals surface area contributed by atoms with E-state index in [1.807, 2.05) is 4.57 Å². The van der Waals surface area contributed by atoms with E-state index in [1.165, 1.54) is 16.4 Å². The zero-order valence-corrected chi connectivity index (χ0v) is 16.7. The molecule has 0 amide bonds. The first-order valence-corrected chi connectivity index (χ1v) is 10.1. The number of nitrogens with one attached hydrogen (secondary N) is 1. The molecule has 0 radical (unpaired) electrons. The van der Waals surface area contributed by atoms with E-state index >= 15 is 0 Å². The summed E-state index contributed by atoms with van der Waals surface area (Å²) >= 11 is 0. The highest BCUT2D eigenvalue weighted by atomic mass is 32.2. The maximum atomic E-state index is 12.9. The Morgan fingerprint density at radius 3 is 2.31 bits per heavy atom. The van der Waals surface area contributed by atoms with Crippen molar-refractivity contribution >= 4 is 31.9 Å². The van der Waals surface area contributed by atoms with Crippen LogP contribution in [0.25, 0.3) is 27.6 Å². The summed E-state index contributed by atoms with van der Waals surface area (Å²) < 4.78 is 64.4. The Morgan fingerprint density at radius 1 is 1.07 bits per heavy atom. The fourth-order valence-electron chi connectivity index (χ4n) is 3.32. The summed E-state index contributed by atoms with van der Waals surface area (Å²) in [5.74, 6) is 0. The van der Waals surface area contributed by atoms with Crippen molar-refractivity contribution < 1.29 is 17.4 Å². The number of nitrogens with zero attached hydrogens (tertiary/aromatic N) is 4. The maximum Gasteiger partial charge on any atom is 0.416 e. The third-order valence-corrected chi connectivity index (χ3v) is 6.72. The molecule has 0 fully saturated rings. The van der Waals surface area contributed by atoms with Crippen molar-refractivity contribution in [2.75, 3.05) is 14.1 Å². The van der Waals surface area contributed by atoms with Crippen LogP contribution in [0.1, 0.15) is 5.56 Å². The number of hydrogen-bond donors (Lipinski definition) is 1. The number of hydrogen-bond acceptors (Lipinski definition) is 3. The number of alkyl halides is 3. The van der Waals surface area contributed by atoms with E-state index in [1.54, 1.807) is 50.2 Å². The minimum atomic E-state index is -4.41. The summed E-state index contributed by atoms with van der Waals surface area (Å²) in [5.41, 5.74) is 1.87. The van der Waals surface area contributed by atoms with Crippen LogP contribution in [-0.4, -0.2) is 37.0 Å². The largest absolute Gasteiger partial charge is 0.416 e. The van der Waals surface area contributed by atoms with Gasteiger partial charge < -0.3 is 4.57 Å². The highest BCUT2D eigenvalue weighted by Crippen LogP contribution is 2.34. The number of fused-ring (bicyclic) bond motifs is 3. The fourth-order valence-corrected chi connectivity index (χ4v) is 4.27. The van der Waals surface area contributed by atoms with E-state index in [4.69, 9.17) is 4.78 Å². The van der Waals surface area contributed by atoms with E-state index in [0.717, 1.165) is 12.1 Å². The number of halogens is 3. The van der Waals surface area contributed by atoms with Crippen LogP contribution in [0.4, 0.5) is 13.2 Å². The average Bonchev–Trinajstić information content (AvgIpc) is 3.15. The van der Waals surface area contributed by atoms with Gasteiger partial charge in [-0.15, -0.1) is 0 Å². The van der Waals surface area contributed by atoms with E-state index in [-0.39, 0.29) is 0 Å². The summed E-state index contributed by atoms with van der Waals surface area (Å²) in [4.78, 5) is 0.340. The van der Waals surface area contributed by atoms with E-state index in [9.17, 15) is 17.4 Å². The number of aryl methyl sites for hydroxylation is 1. The first-order chi connectivity index (χ1) is 13.5. The molecule has 29 heavy (non-hydrogen) atoms. The van der Waals surface area contributed by atoms with Crippen molar-refractivity contribution in [3.63, 3.8) is 0 Å². The molecule has 1 unspecified atom stereocenters. The lowest BCUT2D eigenvalue weighted by Gasteiger charge is -2.15. The average molecular weight is 421 g/mol. The third-order valence-electron chi connectivity index (χ3n) is 4.80. The summed E-state index contributed by atoms with van der Waals surface area (Å²) in [5, 5.41) is 5.14. The highest BCUT2D eigenvalue weighted by molar-refractivity contribution is 7.90. The molecule has 0 saturated heterocycles. The van der Waals surface area contributed by atoms with Gasteiger partial charge in [0.2, 0.25) is 0 Å². The van der Waals surface area contributed by atoms with Crippen LogP contribution in [0.3, 0.4) is 0 Å². The van der Waals surface area contributed by atoms with Crippen molar-refractivity contribution in [2.24, 2.45) is 7.05 Å². The van der Waals surface area contributed by atoms with Crippen LogP contribution in [0, 0.1) is 4.78 Å². The van der Waals surface area contributed by atoms with Crippen molar-refractivity contribution in [3.8, 4) is 5.69 Å². The van der Waals surface area contributed by atoms with E-state index in [0.29, 0.717) is 32.5 Å². The monoisotopic (exact) mass is 421 g/mol. The van der Waals surface area contributed by atoms with Gasteiger partial charge in [0.1, 0.15) is 15.4 Å². The molecule has 0 aliphatic carbocycles. The molecular formula is C19H18F3N5OS. The van der Waals surface area contributed by atoms with Gasteiger partial charge in [0, 0.05) is 38.4 Å². The lowest BCUT2D eigenvalue weighted by Crippen LogP contribution is -2.20. The molecule has 6 nitrogen and oxygen atoms in total. The molecular weight excluding hydrogens is 403 g/mol. The molecule has 0 aliphatic rings. The summed E-state index contributed by atoms with van der Waals surface area (Å²) in [6.07, 6.45) is -2.63. The number of benzene rings is 2. The Balaban J connectivity index is 1.99. The van der Waals surface area contributed by atoms with Crippen molar-refractivity contribution in [1.82, 2.24) is 18.7 Å². The molecule has 2 heterocycles. The predicted molar refractivity (Wildman–Crippen MR) is 105 cm³/mol. The van der Waals surface area contributed by atoms with Gasteiger partial charge in [-0.2, -0.15) is 18.3 Å². The van der Waals surface area contributed by atoms with Gasteiger partial charge in [0.15, 0.2) is 0 Å². The van der Waals surface area contributed by atoms with Crippen LogP contribution in [0.2, 0.25) is 0 Å². The quantitative estimate of drug-likeness (QED) is 0.532. The predicted octanol–water partition coefficient (Wildman–Crippen LogP) is 4.42. The van der Waals surface area contributed by atoms with Gasteiger partial charge in [-0.25, -0.2) is 13.3 Å².